The van der Waals surface area contributed by atoms with Crippen molar-refractivity contribution in [2.45, 2.75) is 5.75 Å². The Kier molecular flexibility index (Phi) is 5.02. The van der Waals surface area contributed by atoms with E-state index in [1.54, 1.807) is 34.5 Å². The number of fused-ring (bicyclic) bond motifs is 1. The van der Waals surface area contributed by atoms with Crippen LogP contribution in [0.3, 0.4) is 0 Å². The maximum absolute atomic E-state index is 11.9. The molecule has 3 rings (SSSR count). The topological polar surface area (TPSA) is 43.6 Å². The van der Waals surface area contributed by atoms with Gasteiger partial charge in [0.1, 0.15) is 5.75 Å². The van der Waals surface area contributed by atoms with Crippen LogP contribution >= 0.6 is 34.7 Å². The minimum Gasteiger partial charge on any atom is -0.491 e. The van der Waals surface area contributed by atoms with Crippen LogP contribution in [-0.4, -0.2) is 21.7 Å². The van der Waals surface area contributed by atoms with Crippen LogP contribution in [0.4, 0.5) is 0 Å². The van der Waals surface area contributed by atoms with Gasteiger partial charge in [-0.1, -0.05) is 23.7 Å². The molecule has 0 N–H and O–H groups in total. The Morgan fingerprint density at radius 2 is 2.23 bits per heavy atom. The normalized spacial score (nSPS) is 11.0. The molecule has 0 atom stereocenters. The summed E-state index contributed by atoms with van der Waals surface area (Å²) < 4.78 is 7.17. The molecule has 0 radical (unpaired) electrons. The largest absolute Gasteiger partial charge is 0.491 e. The molecular formula is C15H13ClN2O2S2. The summed E-state index contributed by atoms with van der Waals surface area (Å²) in [6.07, 6.45) is 1.74. The molecule has 3 aromatic rings. The fourth-order valence-electron chi connectivity index (χ4n) is 1.91. The summed E-state index contributed by atoms with van der Waals surface area (Å²) in [4.78, 5) is 17.0. The number of halogens is 1. The number of ether oxygens (including phenoxy) is 1. The first-order valence-corrected chi connectivity index (χ1v) is 9.06. The van der Waals surface area contributed by atoms with Gasteiger partial charge < -0.3 is 4.74 Å². The number of nitrogens with zero attached hydrogens (tertiary/aromatic N) is 2. The Morgan fingerprint density at radius 1 is 1.36 bits per heavy atom. The Hall–Kier alpha value is -1.50. The maximum Gasteiger partial charge on any atom is 0.258 e. The Morgan fingerprint density at radius 3 is 3.09 bits per heavy atom. The minimum atomic E-state index is -0.0332. The van der Waals surface area contributed by atoms with E-state index in [4.69, 9.17) is 16.3 Å². The molecule has 0 fully saturated rings. The second-order valence-electron chi connectivity index (χ2n) is 4.47. The van der Waals surface area contributed by atoms with Gasteiger partial charge in [0.05, 0.1) is 17.3 Å². The number of aromatic nitrogens is 2. The van der Waals surface area contributed by atoms with Gasteiger partial charge in [-0.25, -0.2) is 4.98 Å². The molecule has 2 heterocycles. The lowest BCUT2D eigenvalue weighted by Crippen LogP contribution is -2.12. The van der Waals surface area contributed by atoms with Gasteiger partial charge in [-0.2, -0.15) is 11.8 Å². The fraction of sp³-hybridized carbons (Fsp3) is 0.200. The average Bonchev–Trinajstić information content (AvgIpc) is 2.98. The van der Waals surface area contributed by atoms with Gasteiger partial charge in [0.25, 0.3) is 5.56 Å². The Balaban J connectivity index is 1.50. The number of para-hydroxylation sites is 1. The van der Waals surface area contributed by atoms with Crippen LogP contribution in [0.2, 0.25) is 5.02 Å². The van der Waals surface area contributed by atoms with Crippen LogP contribution in [0, 0.1) is 0 Å². The highest BCUT2D eigenvalue weighted by Crippen LogP contribution is 2.23. The van der Waals surface area contributed by atoms with Gasteiger partial charge in [-0.15, -0.1) is 11.3 Å². The predicted molar refractivity (Wildman–Crippen MR) is 92.4 cm³/mol. The van der Waals surface area contributed by atoms with Crippen molar-refractivity contribution in [2.24, 2.45) is 0 Å². The van der Waals surface area contributed by atoms with Crippen LogP contribution in [0.1, 0.15) is 5.69 Å². The number of thiazole rings is 1. The van der Waals surface area contributed by atoms with Crippen molar-refractivity contribution in [1.82, 2.24) is 9.38 Å². The molecule has 1 aromatic carbocycles. The molecule has 114 valence electrons. The second kappa shape index (κ2) is 7.17. The molecular weight excluding hydrogens is 340 g/mol. The monoisotopic (exact) mass is 352 g/mol. The Bertz CT molecular complexity index is 832. The van der Waals surface area contributed by atoms with Crippen molar-refractivity contribution in [3.8, 4) is 5.75 Å². The van der Waals surface area contributed by atoms with E-state index in [1.165, 1.54) is 11.3 Å². The molecule has 0 amide bonds. The molecule has 0 aliphatic rings. The lowest BCUT2D eigenvalue weighted by atomic mass is 10.3. The van der Waals surface area contributed by atoms with E-state index in [9.17, 15) is 4.79 Å². The highest BCUT2D eigenvalue weighted by molar-refractivity contribution is 7.98. The average molecular weight is 353 g/mol. The SMILES string of the molecule is O=c1cc(CSCCOc2ccccc2Cl)nc2sccn12. The van der Waals surface area contributed by atoms with Crippen LogP contribution in [0.25, 0.3) is 4.96 Å². The molecule has 0 saturated carbocycles. The van der Waals surface area contributed by atoms with Crippen LogP contribution in [-0.2, 0) is 5.75 Å². The number of thioether (sulfide) groups is 1. The smallest absolute Gasteiger partial charge is 0.258 e. The third-order valence-corrected chi connectivity index (χ3v) is 4.95. The van der Waals surface area contributed by atoms with Gasteiger partial charge >= 0.3 is 0 Å². The summed E-state index contributed by atoms with van der Waals surface area (Å²) in [5.74, 6) is 2.19. The summed E-state index contributed by atoms with van der Waals surface area (Å²) in [5, 5.41) is 2.48. The van der Waals surface area contributed by atoms with E-state index in [0.717, 1.165) is 16.4 Å². The lowest BCUT2D eigenvalue weighted by Gasteiger charge is -2.07. The number of hydrogen-bond acceptors (Lipinski definition) is 5. The van der Waals surface area contributed by atoms with E-state index >= 15 is 0 Å². The predicted octanol–water partition coefficient (Wildman–Crippen LogP) is 3.72. The van der Waals surface area contributed by atoms with Crippen molar-refractivity contribution in [3.05, 3.63) is 63.0 Å². The molecule has 2 aromatic heterocycles. The summed E-state index contributed by atoms with van der Waals surface area (Å²) in [5.41, 5.74) is 0.768. The highest BCUT2D eigenvalue weighted by atomic mass is 35.5. The van der Waals surface area contributed by atoms with Gasteiger partial charge in [-0.05, 0) is 12.1 Å². The van der Waals surface area contributed by atoms with E-state index in [-0.39, 0.29) is 5.56 Å². The van der Waals surface area contributed by atoms with Crippen molar-refractivity contribution in [3.63, 3.8) is 0 Å². The first-order valence-electron chi connectivity index (χ1n) is 6.65. The molecule has 4 nitrogen and oxygen atoms in total. The molecule has 0 bridgehead atoms. The first kappa shape index (κ1) is 15.4. The molecule has 0 unspecified atom stereocenters. The van der Waals surface area contributed by atoms with E-state index in [2.05, 4.69) is 4.98 Å². The minimum absolute atomic E-state index is 0.0332. The molecule has 0 aliphatic carbocycles. The van der Waals surface area contributed by atoms with E-state index in [0.29, 0.717) is 23.1 Å². The van der Waals surface area contributed by atoms with E-state index < -0.39 is 0 Å². The quantitative estimate of drug-likeness (QED) is 0.634. The zero-order valence-corrected chi connectivity index (χ0v) is 14.0. The third kappa shape index (κ3) is 3.63. The van der Waals surface area contributed by atoms with Crippen molar-refractivity contribution in [2.75, 3.05) is 12.4 Å². The van der Waals surface area contributed by atoms with Crippen molar-refractivity contribution in [1.29, 1.82) is 0 Å². The van der Waals surface area contributed by atoms with Crippen molar-refractivity contribution < 1.29 is 4.74 Å². The van der Waals surface area contributed by atoms with Gasteiger partial charge in [0, 0.05) is 29.1 Å². The summed E-state index contributed by atoms with van der Waals surface area (Å²) in [6, 6.07) is 9.00. The highest BCUT2D eigenvalue weighted by Gasteiger charge is 2.04. The summed E-state index contributed by atoms with van der Waals surface area (Å²) in [6.45, 7) is 0.564. The van der Waals surface area contributed by atoms with Crippen molar-refractivity contribution >= 4 is 39.7 Å². The fourth-order valence-corrected chi connectivity index (χ4v) is 3.54. The van der Waals surface area contributed by atoms with Crippen LogP contribution < -0.4 is 10.3 Å². The van der Waals surface area contributed by atoms with Gasteiger partial charge in [0.15, 0.2) is 4.96 Å². The third-order valence-electron chi connectivity index (χ3n) is 2.93. The van der Waals surface area contributed by atoms with Gasteiger partial charge in [-0.3, -0.25) is 9.20 Å². The number of rotatable bonds is 6. The first-order chi connectivity index (χ1) is 10.7. The van der Waals surface area contributed by atoms with Crippen LogP contribution in [0.5, 0.6) is 5.75 Å². The van der Waals surface area contributed by atoms with Gasteiger partial charge in [0.2, 0.25) is 0 Å². The molecule has 7 heteroatoms. The zero-order chi connectivity index (χ0) is 15.4. The second-order valence-corrected chi connectivity index (χ2v) is 6.86. The van der Waals surface area contributed by atoms with Crippen LogP contribution in [0.15, 0.2) is 46.7 Å². The zero-order valence-electron chi connectivity index (χ0n) is 11.6. The summed E-state index contributed by atoms with van der Waals surface area (Å²) in [7, 11) is 0. The number of benzene rings is 1. The molecule has 0 aliphatic heterocycles. The molecule has 0 saturated heterocycles. The molecule has 0 spiro atoms. The summed E-state index contributed by atoms with van der Waals surface area (Å²) >= 11 is 9.16. The molecule has 22 heavy (non-hydrogen) atoms. The number of hydrogen-bond donors (Lipinski definition) is 0. The maximum atomic E-state index is 11.9. The lowest BCUT2D eigenvalue weighted by molar-refractivity contribution is 0.344. The van der Waals surface area contributed by atoms with E-state index in [1.807, 2.05) is 23.6 Å². The Labute approximate surface area is 140 Å². The standard InChI is InChI=1S/C15H13ClN2O2S2/c16-12-3-1-2-4-13(12)20-6-8-21-10-11-9-14(19)18-5-7-22-15(18)17-11/h1-5,7,9H,6,8,10H2.